The second kappa shape index (κ2) is 7.63. The molecular formula is C14H24N2O3S. The molecule has 0 atom stereocenters. The molecule has 1 rings (SSSR count). The molecule has 1 saturated carbocycles. The predicted octanol–water partition coefficient (Wildman–Crippen LogP) is 1.88. The number of sulfone groups is 1. The van der Waals surface area contributed by atoms with Gasteiger partial charge in [0, 0.05) is 19.0 Å². The van der Waals surface area contributed by atoms with Crippen molar-refractivity contribution in [1.29, 1.82) is 5.26 Å². The summed E-state index contributed by atoms with van der Waals surface area (Å²) in [6, 6.07) is 2.00. The molecule has 1 amide bonds. The van der Waals surface area contributed by atoms with Crippen molar-refractivity contribution >= 4 is 15.7 Å². The van der Waals surface area contributed by atoms with E-state index in [2.05, 4.69) is 0 Å². The van der Waals surface area contributed by atoms with E-state index in [1.54, 1.807) is 4.90 Å². The van der Waals surface area contributed by atoms with E-state index in [0.29, 0.717) is 6.54 Å². The van der Waals surface area contributed by atoms with Crippen LogP contribution in [0.4, 0.5) is 0 Å². The highest BCUT2D eigenvalue weighted by atomic mass is 32.2. The van der Waals surface area contributed by atoms with E-state index in [-0.39, 0.29) is 35.8 Å². The summed E-state index contributed by atoms with van der Waals surface area (Å²) in [4.78, 5) is 13.7. The van der Waals surface area contributed by atoms with Crippen molar-refractivity contribution in [3.63, 3.8) is 0 Å². The Morgan fingerprint density at radius 2 is 1.95 bits per heavy atom. The Balaban J connectivity index is 2.54. The van der Waals surface area contributed by atoms with E-state index in [1.165, 1.54) is 0 Å². The number of carbonyl (C=O) groups is 1. The van der Waals surface area contributed by atoms with Crippen LogP contribution in [-0.4, -0.2) is 42.8 Å². The molecule has 0 aromatic rings. The quantitative estimate of drug-likeness (QED) is 0.719. The predicted molar refractivity (Wildman–Crippen MR) is 77.7 cm³/mol. The minimum absolute atomic E-state index is 0.00923. The van der Waals surface area contributed by atoms with Gasteiger partial charge in [-0.2, -0.15) is 5.26 Å². The van der Waals surface area contributed by atoms with Crippen molar-refractivity contribution in [1.82, 2.24) is 4.90 Å². The molecule has 1 aliphatic rings. The van der Waals surface area contributed by atoms with Gasteiger partial charge in [0.25, 0.3) is 0 Å². The third-order valence-electron chi connectivity index (χ3n) is 3.82. The molecular weight excluding hydrogens is 276 g/mol. The number of nitriles is 1. The van der Waals surface area contributed by atoms with Gasteiger partial charge in [-0.05, 0) is 26.7 Å². The number of nitrogens with zero attached hydrogens (tertiary/aromatic N) is 2. The summed E-state index contributed by atoms with van der Waals surface area (Å²) >= 11 is 0. The second-order valence-electron chi connectivity index (χ2n) is 5.61. The van der Waals surface area contributed by atoms with E-state index in [4.69, 9.17) is 5.26 Å². The van der Waals surface area contributed by atoms with Crippen LogP contribution < -0.4 is 0 Å². The summed E-state index contributed by atoms with van der Waals surface area (Å²) in [7, 11) is -3.15. The smallest absolute Gasteiger partial charge is 0.223 e. The second-order valence-corrected chi connectivity index (χ2v) is 8.01. The van der Waals surface area contributed by atoms with Gasteiger partial charge in [0.05, 0.1) is 23.5 Å². The first-order valence-corrected chi connectivity index (χ1v) is 8.98. The maximum atomic E-state index is 12.1. The Morgan fingerprint density at radius 3 is 2.45 bits per heavy atom. The molecule has 6 heteroatoms. The lowest BCUT2D eigenvalue weighted by Gasteiger charge is -2.26. The first-order chi connectivity index (χ1) is 9.38. The number of hydrogen-bond donors (Lipinski definition) is 0. The Labute approximate surface area is 121 Å². The van der Waals surface area contributed by atoms with Crippen molar-refractivity contribution < 1.29 is 13.2 Å². The lowest BCUT2D eigenvalue weighted by molar-refractivity contribution is -0.132. The van der Waals surface area contributed by atoms with Crippen LogP contribution in [0.3, 0.4) is 0 Å². The third kappa shape index (κ3) is 4.78. The molecule has 1 fully saturated rings. The minimum Gasteiger partial charge on any atom is -0.339 e. The summed E-state index contributed by atoms with van der Waals surface area (Å²) < 4.78 is 24.2. The average Bonchev–Trinajstić information content (AvgIpc) is 2.91. The Hall–Kier alpha value is -1.09. The van der Waals surface area contributed by atoms with Crippen LogP contribution in [0.5, 0.6) is 0 Å². The number of carbonyl (C=O) groups excluding carboxylic acids is 1. The molecule has 0 N–H and O–H groups in total. The zero-order chi connectivity index (χ0) is 15.2. The zero-order valence-electron chi connectivity index (χ0n) is 12.3. The molecule has 0 unspecified atom stereocenters. The normalized spacial score (nSPS) is 16.3. The van der Waals surface area contributed by atoms with Crippen LogP contribution in [0.15, 0.2) is 0 Å². The van der Waals surface area contributed by atoms with Crippen LogP contribution in [-0.2, 0) is 14.6 Å². The summed E-state index contributed by atoms with van der Waals surface area (Å²) in [5.41, 5.74) is 0. The van der Waals surface area contributed by atoms with Crippen molar-refractivity contribution in [2.24, 2.45) is 0 Å². The molecule has 0 aromatic carbocycles. The first kappa shape index (κ1) is 17.0. The van der Waals surface area contributed by atoms with E-state index in [0.717, 1.165) is 25.7 Å². The van der Waals surface area contributed by atoms with Crippen LogP contribution >= 0.6 is 0 Å². The third-order valence-corrected chi connectivity index (χ3v) is 6.08. The molecule has 0 saturated heterocycles. The maximum absolute atomic E-state index is 12.1. The average molecular weight is 300 g/mol. The Bertz CT molecular complexity index is 459. The van der Waals surface area contributed by atoms with Gasteiger partial charge in [0.1, 0.15) is 0 Å². The van der Waals surface area contributed by atoms with Crippen molar-refractivity contribution in [3.8, 4) is 6.07 Å². The molecule has 5 nitrogen and oxygen atoms in total. The summed E-state index contributed by atoms with van der Waals surface area (Å²) in [6.45, 7) is 4.12. The van der Waals surface area contributed by atoms with Gasteiger partial charge in [0.15, 0.2) is 9.84 Å². The van der Waals surface area contributed by atoms with Crippen molar-refractivity contribution in [3.05, 3.63) is 0 Å². The molecule has 114 valence electrons. The summed E-state index contributed by atoms with van der Waals surface area (Å²) in [5, 5.41) is 8.35. The number of amides is 1. The molecule has 20 heavy (non-hydrogen) atoms. The van der Waals surface area contributed by atoms with Gasteiger partial charge < -0.3 is 4.90 Å². The molecule has 0 aliphatic heterocycles. The SMILES string of the molecule is CC(C)N(CCC#N)C(=O)CCS(=O)(=O)C1CCCC1. The van der Waals surface area contributed by atoms with E-state index < -0.39 is 9.84 Å². The largest absolute Gasteiger partial charge is 0.339 e. The molecule has 0 radical (unpaired) electrons. The van der Waals surface area contributed by atoms with E-state index in [9.17, 15) is 13.2 Å². The molecule has 1 aliphatic carbocycles. The van der Waals surface area contributed by atoms with Gasteiger partial charge in [-0.1, -0.05) is 12.8 Å². The highest BCUT2D eigenvalue weighted by molar-refractivity contribution is 7.92. The van der Waals surface area contributed by atoms with Crippen molar-refractivity contribution in [2.75, 3.05) is 12.3 Å². The topological polar surface area (TPSA) is 78.2 Å². The van der Waals surface area contributed by atoms with Gasteiger partial charge in [0.2, 0.25) is 5.91 Å². The van der Waals surface area contributed by atoms with Crippen LogP contribution in [0, 0.1) is 11.3 Å². The van der Waals surface area contributed by atoms with E-state index in [1.807, 2.05) is 19.9 Å². The fourth-order valence-corrected chi connectivity index (χ4v) is 4.47. The fraction of sp³-hybridized carbons (Fsp3) is 0.857. The van der Waals surface area contributed by atoms with Gasteiger partial charge in [-0.3, -0.25) is 4.79 Å². The van der Waals surface area contributed by atoms with Crippen LogP contribution in [0.2, 0.25) is 0 Å². The Kier molecular flexibility index (Phi) is 6.47. The van der Waals surface area contributed by atoms with E-state index >= 15 is 0 Å². The lowest BCUT2D eigenvalue weighted by Crippen LogP contribution is -2.38. The standard InChI is InChI=1S/C14H24N2O3S/c1-12(2)16(10-5-9-15)14(17)8-11-20(18,19)13-6-3-4-7-13/h12-13H,3-8,10-11H2,1-2H3. The highest BCUT2D eigenvalue weighted by Gasteiger charge is 2.29. The van der Waals surface area contributed by atoms with Crippen LogP contribution in [0.25, 0.3) is 0 Å². The Morgan fingerprint density at radius 1 is 1.35 bits per heavy atom. The highest BCUT2D eigenvalue weighted by Crippen LogP contribution is 2.25. The summed E-state index contributed by atoms with van der Waals surface area (Å²) in [6.07, 6.45) is 3.72. The molecule has 0 bridgehead atoms. The van der Waals surface area contributed by atoms with Gasteiger partial charge in [-0.15, -0.1) is 0 Å². The van der Waals surface area contributed by atoms with Gasteiger partial charge >= 0.3 is 0 Å². The van der Waals surface area contributed by atoms with Gasteiger partial charge in [-0.25, -0.2) is 8.42 Å². The first-order valence-electron chi connectivity index (χ1n) is 7.26. The number of hydrogen-bond acceptors (Lipinski definition) is 4. The zero-order valence-corrected chi connectivity index (χ0v) is 13.2. The molecule has 0 heterocycles. The molecule has 0 spiro atoms. The van der Waals surface area contributed by atoms with Crippen LogP contribution in [0.1, 0.15) is 52.4 Å². The lowest BCUT2D eigenvalue weighted by atomic mass is 10.2. The minimum atomic E-state index is -3.15. The number of rotatable bonds is 7. The molecule has 0 aromatic heterocycles. The monoisotopic (exact) mass is 300 g/mol. The summed E-state index contributed by atoms with van der Waals surface area (Å²) in [5.74, 6) is -0.233. The van der Waals surface area contributed by atoms with Crippen molar-refractivity contribution in [2.45, 2.75) is 63.7 Å². The maximum Gasteiger partial charge on any atom is 0.223 e. The fourth-order valence-electron chi connectivity index (χ4n) is 2.63.